The van der Waals surface area contributed by atoms with Gasteiger partial charge in [0.15, 0.2) is 0 Å². The van der Waals surface area contributed by atoms with Crippen LogP contribution in [0, 0.1) is 0 Å². The van der Waals surface area contributed by atoms with Crippen molar-refractivity contribution in [2.45, 2.75) is 6.92 Å². The highest BCUT2D eigenvalue weighted by molar-refractivity contribution is 9.10. The van der Waals surface area contributed by atoms with Crippen molar-refractivity contribution >= 4 is 27.8 Å². The molecule has 0 bridgehead atoms. The Labute approximate surface area is 132 Å². The molecule has 2 N–H and O–H groups in total. The highest BCUT2D eigenvalue weighted by atomic mass is 79.9. The second kappa shape index (κ2) is 8.92. The fraction of sp³-hybridized carbons (Fsp3) is 0.125. The minimum absolute atomic E-state index is 0.256. The van der Waals surface area contributed by atoms with Crippen molar-refractivity contribution in [1.29, 1.82) is 0 Å². The summed E-state index contributed by atoms with van der Waals surface area (Å²) >= 11 is 3.24. The van der Waals surface area contributed by atoms with E-state index in [2.05, 4.69) is 15.9 Å². The SMILES string of the molecule is CCOC(=O)c1ccccc1.NC(=O)c1ccc(Br)cc1. The van der Waals surface area contributed by atoms with Gasteiger partial charge in [-0.2, -0.15) is 0 Å². The second-order valence-electron chi connectivity index (χ2n) is 3.96. The van der Waals surface area contributed by atoms with Crippen LogP contribution in [0.15, 0.2) is 59.1 Å². The lowest BCUT2D eigenvalue weighted by Crippen LogP contribution is -2.10. The molecule has 1 amide bonds. The third-order valence-electron chi connectivity index (χ3n) is 2.41. The molecule has 110 valence electrons. The molecule has 0 radical (unpaired) electrons. The highest BCUT2D eigenvalue weighted by Gasteiger charge is 2.02. The molecule has 0 saturated heterocycles. The normalized spacial score (nSPS) is 9.24. The molecule has 0 unspecified atom stereocenters. The van der Waals surface area contributed by atoms with Gasteiger partial charge >= 0.3 is 5.97 Å². The lowest BCUT2D eigenvalue weighted by Gasteiger charge is -1.99. The van der Waals surface area contributed by atoms with E-state index in [-0.39, 0.29) is 5.97 Å². The highest BCUT2D eigenvalue weighted by Crippen LogP contribution is 2.09. The van der Waals surface area contributed by atoms with Crippen LogP contribution in [0.1, 0.15) is 27.6 Å². The van der Waals surface area contributed by atoms with E-state index in [1.165, 1.54) is 0 Å². The smallest absolute Gasteiger partial charge is 0.338 e. The average molecular weight is 350 g/mol. The van der Waals surface area contributed by atoms with Gasteiger partial charge in [0.25, 0.3) is 0 Å². The van der Waals surface area contributed by atoms with Gasteiger partial charge in [-0.15, -0.1) is 0 Å². The molecular formula is C16H16BrNO3. The van der Waals surface area contributed by atoms with Gasteiger partial charge in [0.05, 0.1) is 12.2 Å². The first-order valence-corrected chi connectivity index (χ1v) is 7.11. The Balaban J connectivity index is 0.000000211. The van der Waals surface area contributed by atoms with Crippen molar-refractivity contribution in [1.82, 2.24) is 0 Å². The fourth-order valence-electron chi connectivity index (χ4n) is 1.40. The summed E-state index contributed by atoms with van der Waals surface area (Å²) in [5, 5.41) is 0. The van der Waals surface area contributed by atoms with Gasteiger partial charge in [0.2, 0.25) is 5.91 Å². The second-order valence-corrected chi connectivity index (χ2v) is 4.87. The maximum atomic E-state index is 11.0. The summed E-state index contributed by atoms with van der Waals surface area (Å²) in [7, 11) is 0. The minimum Gasteiger partial charge on any atom is -0.462 e. The van der Waals surface area contributed by atoms with E-state index >= 15 is 0 Å². The standard InChI is InChI=1S/C9H10O2.C7H6BrNO/c1-2-11-9(10)8-6-4-3-5-7-8;8-6-3-1-5(2-4-6)7(9)10/h3-7H,2H2,1H3;1-4H,(H2,9,10). The van der Waals surface area contributed by atoms with Crippen LogP contribution in [0.2, 0.25) is 0 Å². The molecular weight excluding hydrogens is 334 g/mol. The Morgan fingerprint density at radius 1 is 1.00 bits per heavy atom. The first-order chi connectivity index (χ1) is 10.0. The number of rotatable bonds is 3. The Kier molecular flexibility index (Phi) is 7.18. The zero-order chi connectivity index (χ0) is 15.7. The Bertz CT molecular complexity index is 582. The molecule has 0 saturated carbocycles. The van der Waals surface area contributed by atoms with Crippen LogP contribution in [0.25, 0.3) is 0 Å². The van der Waals surface area contributed by atoms with E-state index in [4.69, 9.17) is 10.5 Å². The quantitative estimate of drug-likeness (QED) is 0.863. The number of ether oxygens (including phenoxy) is 1. The molecule has 0 aliphatic heterocycles. The van der Waals surface area contributed by atoms with Gasteiger partial charge in [0.1, 0.15) is 0 Å². The number of carbonyl (C=O) groups excluding carboxylic acids is 2. The molecule has 2 aromatic rings. The van der Waals surface area contributed by atoms with E-state index in [0.717, 1.165) is 4.47 Å². The van der Waals surface area contributed by atoms with Crippen molar-refractivity contribution < 1.29 is 14.3 Å². The van der Waals surface area contributed by atoms with Crippen LogP contribution in [-0.2, 0) is 4.74 Å². The average Bonchev–Trinajstić information content (AvgIpc) is 2.49. The van der Waals surface area contributed by atoms with Gasteiger partial charge in [-0.05, 0) is 43.3 Å². The van der Waals surface area contributed by atoms with Crippen LogP contribution in [0.3, 0.4) is 0 Å². The minimum atomic E-state index is -0.396. The Hall–Kier alpha value is -2.14. The summed E-state index contributed by atoms with van der Waals surface area (Å²) in [5.41, 5.74) is 6.15. The van der Waals surface area contributed by atoms with Gasteiger partial charge < -0.3 is 10.5 Å². The zero-order valence-corrected chi connectivity index (χ0v) is 13.2. The molecule has 0 fully saturated rings. The van der Waals surface area contributed by atoms with Crippen molar-refractivity contribution in [3.05, 3.63) is 70.2 Å². The largest absolute Gasteiger partial charge is 0.462 e. The number of halogens is 1. The molecule has 5 heteroatoms. The summed E-state index contributed by atoms with van der Waals surface area (Å²) in [6, 6.07) is 15.9. The number of amides is 1. The van der Waals surface area contributed by atoms with Crippen molar-refractivity contribution in [2.24, 2.45) is 5.73 Å². The summed E-state index contributed by atoms with van der Waals surface area (Å²) in [6.45, 7) is 2.22. The van der Waals surface area contributed by atoms with Gasteiger partial charge in [0, 0.05) is 10.0 Å². The third kappa shape index (κ3) is 6.23. The van der Waals surface area contributed by atoms with Crippen LogP contribution in [-0.4, -0.2) is 18.5 Å². The van der Waals surface area contributed by atoms with Crippen LogP contribution in [0.5, 0.6) is 0 Å². The summed E-state index contributed by atoms with van der Waals surface area (Å²) < 4.78 is 5.73. The molecule has 4 nitrogen and oxygen atoms in total. The first kappa shape index (κ1) is 16.9. The molecule has 0 aromatic heterocycles. The lowest BCUT2D eigenvalue weighted by atomic mass is 10.2. The molecule has 0 aliphatic rings. The summed E-state index contributed by atoms with van der Waals surface area (Å²) in [4.78, 5) is 21.5. The molecule has 0 aliphatic carbocycles. The third-order valence-corrected chi connectivity index (χ3v) is 2.94. The number of hydrogen-bond acceptors (Lipinski definition) is 3. The van der Waals surface area contributed by atoms with Gasteiger partial charge in [-0.3, -0.25) is 4.79 Å². The van der Waals surface area contributed by atoms with E-state index < -0.39 is 5.91 Å². The molecule has 0 spiro atoms. The van der Waals surface area contributed by atoms with Crippen LogP contribution < -0.4 is 5.73 Å². The molecule has 0 atom stereocenters. The Morgan fingerprint density at radius 2 is 1.57 bits per heavy atom. The van der Waals surface area contributed by atoms with E-state index in [9.17, 15) is 9.59 Å². The number of benzene rings is 2. The van der Waals surface area contributed by atoms with E-state index in [0.29, 0.717) is 17.7 Å². The topological polar surface area (TPSA) is 69.4 Å². The molecule has 2 aromatic carbocycles. The first-order valence-electron chi connectivity index (χ1n) is 6.32. The number of carbonyl (C=O) groups is 2. The van der Waals surface area contributed by atoms with E-state index in [1.807, 2.05) is 18.2 Å². The maximum absolute atomic E-state index is 11.0. The van der Waals surface area contributed by atoms with Gasteiger partial charge in [-0.1, -0.05) is 34.1 Å². The molecule has 0 heterocycles. The van der Waals surface area contributed by atoms with Crippen molar-refractivity contribution in [3.8, 4) is 0 Å². The summed E-state index contributed by atoms with van der Waals surface area (Å²) in [6.07, 6.45) is 0. The zero-order valence-electron chi connectivity index (χ0n) is 11.6. The fourth-order valence-corrected chi connectivity index (χ4v) is 1.67. The number of primary amides is 1. The van der Waals surface area contributed by atoms with Crippen LogP contribution >= 0.6 is 15.9 Å². The predicted octanol–water partition coefficient (Wildman–Crippen LogP) is 3.41. The predicted molar refractivity (Wildman–Crippen MR) is 85.1 cm³/mol. The summed E-state index contributed by atoms with van der Waals surface area (Å²) in [5.74, 6) is -0.652. The number of nitrogens with two attached hydrogens (primary N) is 1. The molecule has 2 rings (SSSR count). The van der Waals surface area contributed by atoms with Crippen molar-refractivity contribution in [2.75, 3.05) is 6.61 Å². The van der Waals surface area contributed by atoms with Crippen LogP contribution in [0.4, 0.5) is 0 Å². The molecule has 21 heavy (non-hydrogen) atoms. The number of esters is 1. The maximum Gasteiger partial charge on any atom is 0.338 e. The Morgan fingerprint density at radius 3 is 2.05 bits per heavy atom. The lowest BCUT2D eigenvalue weighted by molar-refractivity contribution is 0.0526. The van der Waals surface area contributed by atoms with Crippen molar-refractivity contribution in [3.63, 3.8) is 0 Å². The van der Waals surface area contributed by atoms with E-state index in [1.54, 1.807) is 43.3 Å². The monoisotopic (exact) mass is 349 g/mol. The van der Waals surface area contributed by atoms with Gasteiger partial charge in [-0.25, -0.2) is 4.79 Å². The number of hydrogen-bond donors (Lipinski definition) is 1.